The summed E-state index contributed by atoms with van der Waals surface area (Å²) in [5.41, 5.74) is 8.54. The van der Waals surface area contributed by atoms with Crippen molar-refractivity contribution in [2.75, 3.05) is 13.2 Å². The molecule has 0 heterocycles. The van der Waals surface area contributed by atoms with Gasteiger partial charge in [0.05, 0.1) is 6.61 Å². The van der Waals surface area contributed by atoms with E-state index in [-0.39, 0.29) is 0 Å². The van der Waals surface area contributed by atoms with Gasteiger partial charge in [0, 0.05) is 4.47 Å². The van der Waals surface area contributed by atoms with Gasteiger partial charge in [0.25, 0.3) is 0 Å². The van der Waals surface area contributed by atoms with E-state index in [1.165, 1.54) is 11.1 Å². The van der Waals surface area contributed by atoms with Gasteiger partial charge in [-0.3, -0.25) is 0 Å². The highest BCUT2D eigenvalue weighted by atomic mass is 79.9. The Hall–Kier alpha value is -1.32. The zero-order chi connectivity index (χ0) is 14.4. The van der Waals surface area contributed by atoms with Crippen molar-refractivity contribution >= 4 is 15.9 Å². The molecule has 0 aliphatic rings. The molecule has 0 fully saturated rings. The highest BCUT2D eigenvalue weighted by Crippen LogP contribution is 2.23. The van der Waals surface area contributed by atoms with Crippen LogP contribution in [-0.2, 0) is 0 Å². The second-order valence-electron chi connectivity index (χ2n) is 4.88. The van der Waals surface area contributed by atoms with Crippen molar-refractivity contribution in [3.63, 3.8) is 0 Å². The van der Waals surface area contributed by atoms with E-state index in [0.717, 1.165) is 16.6 Å². The van der Waals surface area contributed by atoms with Crippen molar-refractivity contribution in [3.8, 4) is 5.75 Å². The molecule has 0 saturated heterocycles. The first kappa shape index (κ1) is 15.1. The van der Waals surface area contributed by atoms with Crippen LogP contribution in [0, 0.1) is 6.92 Å². The first-order chi connectivity index (χ1) is 9.70. The number of benzene rings is 2. The van der Waals surface area contributed by atoms with Gasteiger partial charge in [0.1, 0.15) is 5.75 Å². The van der Waals surface area contributed by atoms with Crippen molar-refractivity contribution in [1.82, 2.24) is 0 Å². The largest absolute Gasteiger partial charge is 0.494 e. The average molecular weight is 334 g/mol. The monoisotopic (exact) mass is 333 g/mol. The van der Waals surface area contributed by atoms with Gasteiger partial charge < -0.3 is 10.5 Å². The van der Waals surface area contributed by atoms with Gasteiger partial charge in [-0.25, -0.2) is 0 Å². The lowest BCUT2D eigenvalue weighted by molar-refractivity contribution is 0.298. The molecule has 0 aliphatic carbocycles. The molecule has 0 aliphatic heterocycles. The smallest absolute Gasteiger partial charge is 0.120 e. The highest BCUT2D eigenvalue weighted by Gasteiger charge is 2.11. The lowest BCUT2D eigenvalue weighted by Gasteiger charge is -2.18. The van der Waals surface area contributed by atoms with Crippen molar-refractivity contribution in [2.45, 2.75) is 19.3 Å². The third kappa shape index (κ3) is 4.09. The Labute approximate surface area is 129 Å². The molecule has 2 aromatic carbocycles. The molecule has 3 heteroatoms. The van der Waals surface area contributed by atoms with E-state index in [9.17, 15) is 0 Å². The molecule has 0 saturated carbocycles. The minimum absolute atomic E-state index is 0.350. The number of nitrogens with two attached hydrogens (primary N) is 1. The Morgan fingerprint density at radius 2 is 1.95 bits per heavy atom. The summed E-state index contributed by atoms with van der Waals surface area (Å²) in [7, 11) is 0. The fourth-order valence-electron chi connectivity index (χ4n) is 2.32. The number of aryl methyl sites for hydroxylation is 1. The van der Waals surface area contributed by atoms with Crippen molar-refractivity contribution in [1.29, 1.82) is 0 Å². The summed E-state index contributed by atoms with van der Waals surface area (Å²) >= 11 is 3.44. The van der Waals surface area contributed by atoms with E-state index >= 15 is 0 Å². The molecule has 0 amide bonds. The molecule has 20 heavy (non-hydrogen) atoms. The summed E-state index contributed by atoms with van der Waals surface area (Å²) in [6.07, 6.45) is 0.924. The van der Waals surface area contributed by atoms with Gasteiger partial charge in [-0.1, -0.05) is 46.3 Å². The zero-order valence-electron chi connectivity index (χ0n) is 11.7. The molecule has 0 radical (unpaired) electrons. The third-order valence-corrected chi connectivity index (χ3v) is 3.94. The fraction of sp³-hybridized carbons (Fsp3) is 0.294. The summed E-state index contributed by atoms with van der Waals surface area (Å²) < 4.78 is 6.83. The lowest BCUT2D eigenvalue weighted by Crippen LogP contribution is -2.16. The van der Waals surface area contributed by atoms with Crippen LogP contribution in [0.3, 0.4) is 0 Å². The Balaban J connectivity index is 1.93. The Morgan fingerprint density at radius 3 is 2.65 bits per heavy atom. The zero-order valence-corrected chi connectivity index (χ0v) is 13.3. The molecule has 2 nitrogen and oxygen atoms in total. The van der Waals surface area contributed by atoms with Gasteiger partial charge >= 0.3 is 0 Å². The minimum Gasteiger partial charge on any atom is -0.494 e. The molecule has 106 valence electrons. The predicted octanol–water partition coefficient (Wildman–Crippen LogP) is 4.27. The molecule has 0 bridgehead atoms. The first-order valence-electron chi connectivity index (χ1n) is 6.84. The predicted molar refractivity (Wildman–Crippen MR) is 87.2 cm³/mol. The molecule has 2 N–H and O–H groups in total. The summed E-state index contributed by atoms with van der Waals surface area (Å²) in [4.78, 5) is 0. The van der Waals surface area contributed by atoms with Crippen LogP contribution in [0.4, 0.5) is 0 Å². The second kappa shape index (κ2) is 7.46. The average Bonchev–Trinajstić information content (AvgIpc) is 2.45. The van der Waals surface area contributed by atoms with Crippen LogP contribution in [0.25, 0.3) is 0 Å². The van der Waals surface area contributed by atoms with Crippen LogP contribution >= 0.6 is 15.9 Å². The Kier molecular flexibility index (Phi) is 5.62. The molecular weight excluding hydrogens is 314 g/mol. The van der Waals surface area contributed by atoms with E-state index in [4.69, 9.17) is 10.5 Å². The van der Waals surface area contributed by atoms with E-state index in [2.05, 4.69) is 47.1 Å². The maximum Gasteiger partial charge on any atom is 0.120 e. The maximum atomic E-state index is 5.91. The lowest BCUT2D eigenvalue weighted by atomic mass is 9.92. The van der Waals surface area contributed by atoms with E-state index < -0.39 is 0 Å². The van der Waals surface area contributed by atoms with Crippen LogP contribution in [0.2, 0.25) is 0 Å². The molecule has 1 unspecified atom stereocenters. The van der Waals surface area contributed by atoms with Crippen LogP contribution < -0.4 is 10.5 Å². The van der Waals surface area contributed by atoms with Gasteiger partial charge in [-0.05, 0) is 55.1 Å². The van der Waals surface area contributed by atoms with E-state index in [1.807, 2.05) is 24.3 Å². The topological polar surface area (TPSA) is 35.2 Å². The van der Waals surface area contributed by atoms with E-state index in [0.29, 0.717) is 19.1 Å². The van der Waals surface area contributed by atoms with Crippen molar-refractivity contribution in [2.24, 2.45) is 5.73 Å². The third-order valence-electron chi connectivity index (χ3n) is 3.44. The molecule has 0 spiro atoms. The van der Waals surface area contributed by atoms with Gasteiger partial charge in [-0.15, -0.1) is 0 Å². The quantitative estimate of drug-likeness (QED) is 0.856. The van der Waals surface area contributed by atoms with Crippen molar-refractivity contribution in [3.05, 3.63) is 64.1 Å². The molecule has 1 atom stereocenters. The van der Waals surface area contributed by atoms with Crippen molar-refractivity contribution < 1.29 is 4.74 Å². The normalized spacial score (nSPS) is 12.2. The Bertz CT molecular complexity index is 556. The second-order valence-corrected chi connectivity index (χ2v) is 5.80. The summed E-state index contributed by atoms with van der Waals surface area (Å²) in [6, 6.07) is 16.3. The highest BCUT2D eigenvalue weighted by molar-refractivity contribution is 9.10. The number of halogens is 1. The first-order valence-corrected chi connectivity index (χ1v) is 7.64. The number of hydrogen-bond acceptors (Lipinski definition) is 2. The SMILES string of the molecule is Cc1ccccc1C(CN)CCOc1cccc(Br)c1. The maximum absolute atomic E-state index is 5.91. The summed E-state index contributed by atoms with van der Waals surface area (Å²) in [5.74, 6) is 1.24. The number of ether oxygens (including phenoxy) is 1. The van der Waals surface area contributed by atoms with Crippen LogP contribution in [-0.4, -0.2) is 13.2 Å². The van der Waals surface area contributed by atoms with Gasteiger partial charge in [-0.2, -0.15) is 0 Å². The van der Waals surface area contributed by atoms with Gasteiger partial charge in [0.15, 0.2) is 0 Å². The van der Waals surface area contributed by atoms with Crippen LogP contribution in [0.5, 0.6) is 5.75 Å². The van der Waals surface area contributed by atoms with Crippen LogP contribution in [0.1, 0.15) is 23.5 Å². The minimum atomic E-state index is 0.350. The molecule has 2 aromatic rings. The molecular formula is C17H20BrNO. The Morgan fingerprint density at radius 1 is 1.15 bits per heavy atom. The fourth-order valence-corrected chi connectivity index (χ4v) is 2.70. The number of hydrogen-bond donors (Lipinski definition) is 1. The summed E-state index contributed by atoms with van der Waals surface area (Å²) in [6.45, 7) is 3.45. The molecule has 0 aromatic heterocycles. The standard InChI is InChI=1S/C17H20BrNO/c1-13-5-2-3-8-17(13)14(12-19)9-10-20-16-7-4-6-15(18)11-16/h2-8,11,14H,9-10,12,19H2,1H3. The number of rotatable bonds is 6. The van der Waals surface area contributed by atoms with E-state index in [1.54, 1.807) is 0 Å². The molecule has 2 rings (SSSR count). The summed E-state index contributed by atoms with van der Waals surface area (Å²) in [5, 5.41) is 0. The van der Waals surface area contributed by atoms with Gasteiger partial charge in [0.2, 0.25) is 0 Å². The van der Waals surface area contributed by atoms with Crippen LogP contribution in [0.15, 0.2) is 53.0 Å².